The molecule has 1 saturated heterocycles. The van der Waals surface area contributed by atoms with Gasteiger partial charge >= 0.3 is 12.0 Å². The third-order valence-corrected chi connectivity index (χ3v) is 3.84. The van der Waals surface area contributed by atoms with Crippen LogP contribution in [0.25, 0.3) is 0 Å². The Morgan fingerprint density at radius 3 is 2.62 bits per heavy atom. The van der Waals surface area contributed by atoms with Gasteiger partial charge in [0.1, 0.15) is 6.04 Å². The lowest BCUT2D eigenvalue weighted by Crippen LogP contribution is -2.61. The van der Waals surface area contributed by atoms with E-state index in [0.717, 1.165) is 0 Å². The summed E-state index contributed by atoms with van der Waals surface area (Å²) in [6.45, 7) is 4.99. The van der Waals surface area contributed by atoms with E-state index < -0.39 is 30.4 Å². The second-order valence-electron chi connectivity index (χ2n) is 5.96. The molecule has 1 atom stereocenters. The fourth-order valence-corrected chi connectivity index (χ4v) is 1.88. The monoisotopic (exact) mass is 300 g/mol. The number of likely N-dealkylation sites (N-methyl/N-ethyl adjacent to an activating group) is 1. The molecule has 0 aromatic carbocycles. The third kappa shape index (κ3) is 4.59. The molecule has 0 saturated carbocycles. The molecular weight excluding hydrogens is 276 g/mol. The van der Waals surface area contributed by atoms with Gasteiger partial charge in [-0.15, -0.1) is 0 Å². The van der Waals surface area contributed by atoms with Crippen LogP contribution < -0.4 is 10.6 Å². The Balaban J connectivity index is 2.69. The van der Waals surface area contributed by atoms with E-state index in [1.54, 1.807) is 0 Å². The van der Waals surface area contributed by atoms with E-state index in [1.165, 1.54) is 4.90 Å². The number of hydrogen-bond donors (Lipinski definition) is 3. The molecule has 1 rings (SSSR count). The molecule has 0 aliphatic carbocycles. The van der Waals surface area contributed by atoms with Gasteiger partial charge in [-0.25, -0.2) is 4.79 Å². The Hall–Kier alpha value is -1.83. The number of carboxylic acids is 1. The van der Waals surface area contributed by atoms with Crippen LogP contribution in [0.5, 0.6) is 0 Å². The van der Waals surface area contributed by atoms with Gasteiger partial charge in [-0.05, 0) is 27.9 Å². The maximum Gasteiger partial charge on any atom is 0.318 e. The van der Waals surface area contributed by atoms with Gasteiger partial charge in [0.05, 0.1) is 6.42 Å². The molecule has 21 heavy (non-hydrogen) atoms. The van der Waals surface area contributed by atoms with Crippen molar-refractivity contribution in [3.8, 4) is 0 Å². The van der Waals surface area contributed by atoms with Crippen LogP contribution in [-0.4, -0.2) is 78.1 Å². The molecule has 120 valence electrons. The third-order valence-electron chi connectivity index (χ3n) is 3.84. The van der Waals surface area contributed by atoms with Crippen LogP contribution in [-0.2, 0) is 9.59 Å². The van der Waals surface area contributed by atoms with Crippen molar-refractivity contribution in [1.29, 1.82) is 0 Å². The Morgan fingerprint density at radius 2 is 2.10 bits per heavy atom. The molecule has 0 bridgehead atoms. The Morgan fingerprint density at radius 1 is 1.48 bits per heavy atom. The fraction of sp³-hybridized carbons (Fsp3) is 0.769. The summed E-state index contributed by atoms with van der Waals surface area (Å²) in [7, 11) is 3.82. The van der Waals surface area contributed by atoms with Crippen molar-refractivity contribution >= 4 is 17.9 Å². The summed E-state index contributed by atoms with van der Waals surface area (Å²) in [5, 5.41) is 14.2. The molecule has 3 amide bonds. The van der Waals surface area contributed by atoms with E-state index in [4.69, 9.17) is 5.11 Å². The number of carbonyl (C=O) groups excluding carboxylic acids is 2. The van der Waals surface area contributed by atoms with Gasteiger partial charge in [0.25, 0.3) is 0 Å². The highest BCUT2D eigenvalue weighted by molar-refractivity contribution is 5.91. The fourth-order valence-electron chi connectivity index (χ4n) is 1.88. The maximum absolute atomic E-state index is 12.2. The first-order valence-corrected chi connectivity index (χ1v) is 6.86. The standard InChI is InChI=1S/C13H24N4O4/c1-13(2,16(3)4)8-15-12(21)17-6-5-14-11(20)9(17)7-10(18)19/h9H,5-8H2,1-4H3,(H,14,20)(H,15,21)(H,18,19). The number of nitrogens with zero attached hydrogens (tertiary/aromatic N) is 2. The molecule has 8 nitrogen and oxygen atoms in total. The predicted molar refractivity (Wildman–Crippen MR) is 76.9 cm³/mol. The van der Waals surface area contributed by atoms with E-state index >= 15 is 0 Å². The summed E-state index contributed by atoms with van der Waals surface area (Å²) in [5.74, 6) is -1.53. The van der Waals surface area contributed by atoms with Gasteiger partial charge in [0.2, 0.25) is 5.91 Å². The average Bonchev–Trinajstić information content (AvgIpc) is 2.37. The van der Waals surface area contributed by atoms with Crippen LogP contribution in [0.15, 0.2) is 0 Å². The summed E-state index contributed by atoms with van der Waals surface area (Å²) in [4.78, 5) is 38.1. The van der Waals surface area contributed by atoms with Crippen molar-refractivity contribution in [3.63, 3.8) is 0 Å². The second-order valence-corrected chi connectivity index (χ2v) is 5.96. The SMILES string of the molecule is CN(C)C(C)(C)CNC(=O)N1CCNC(=O)C1CC(=O)O. The topological polar surface area (TPSA) is 102 Å². The van der Waals surface area contributed by atoms with Gasteiger partial charge < -0.3 is 25.5 Å². The van der Waals surface area contributed by atoms with Gasteiger partial charge in [0, 0.05) is 25.2 Å². The summed E-state index contributed by atoms with van der Waals surface area (Å²) in [5.41, 5.74) is -0.240. The molecule has 1 unspecified atom stereocenters. The van der Waals surface area contributed by atoms with E-state index in [-0.39, 0.29) is 5.54 Å². The summed E-state index contributed by atoms with van der Waals surface area (Å²) in [6, 6.07) is -1.37. The highest BCUT2D eigenvalue weighted by Gasteiger charge is 2.35. The number of piperazine rings is 1. The van der Waals surface area contributed by atoms with Crippen LogP contribution in [0.1, 0.15) is 20.3 Å². The Kier molecular flexibility index (Phi) is 5.54. The Labute approximate surface area is 124 Å². The molecule has 0 aromatic rings. The van der Waals surface area contributed by atoms with E-state index in [1.807, 2.05) is 32.8 Å². The smallest absolute Gasteiger partial charge is 0.318 e. The largest absolute Gasteiger partial charge is 0.481 e. The zero-order chi connectivity index (χ0) is 16.2. The molecule has 0 aromatic heterocycles. The van der Waals surface area contributed by atoms with Crippen LogP contribution in [0.3, 0.4) is 0 Å². The van der Waals surface area contributed by atoms with Gasteiger partial charge in [0.15, 0.2) is 0 Å². The molecule has 1 heterocycles. The van der Waals surface area contributed by atoms with Crippen LogP contribution in [0.4, 0.5) is 4.79 Å². The summed E-state index contributed by atoms with van der Waals surface area (Å²) < 4.78 is 0. The minimum absolute atomic E-state index is 0.240. The quantitative estimate of drug-likeness (QED) is 0.624. The number of aliphatic carboxylic acids is 1. The lowest BCUT2D eigenvalue weighted by Gasteiger charge is -2.37. The second kappa shape index (κ2) is 6.75. The number of hydrogen-bond acceptors (Lipinski definition) is 4. The van der Waals surface area contributed by atoms with Gasteiger partial charge in [-0.1, -0.05) is 0 Å². The van der Waals surface area contributed by atoms with Crippen molar-refractivity contribution in [2.24, 2.45) is 0 Å². The first-order chi connectivity index (χ1) is 9.65. The number of amides is 3. The minimum atomic E-state index is -1.11. The maximum atomic E-state index is 12.2. The normalized spacial score (nSPS) is 19.4. The van der Waals surface area contributed by atoms with E-state index in [0.29, 0.717) is 19.6 Å². The molecule has 8 heteroatoms. The van der Waals surface area contributed by atoms with Crippen LogP contribution in [0, 0.1) is 0 Å². The highest BCUT2D eigenvalue weighted by Crippen LogP contribution is 2.11. The van der Waals surface area contributed by atoms with Gasteiger partial charge in [-0.3, -0.25) is 9.59 Å². The number of urea groups is 1. The van der Waals surface area contributed by atoms with Crippen LogP contribution >= 0.6 is 0 Å². The number of rotatable bonds is 5. The molecule has 1 aliphatic rings. The average molecular weight is 300 g/mol. The van der Waals surface area contributed by atoms with Crippen molar-refractivity contribution in [1.82, 2.24) is 20.4 Å². The van der Waals surface area contributed by atoms with Crippen molar-refractivity contribution in [3.05, 3.63) is 0 Å². The minimum Gasteiger partial charge on any atom is -0.481 e. The summed E-state index contributed by atoms with van der Waals surface area (Å²) in [6.07, 6.45) is -0.393. The Bertz CT molecular complexity index is 422. The predicted octanol–water partition coefficient (Wildman–Crippen LogP) is -0.689. The zero-order valence-electron chi connectivity index (χ0n) is 13.0. The first-order valence-electron chi connectivity index (χ1n) is 6.86. The zero-order valence-corrected chi connectivity index (χ0v) is 13.0. The lowest BCUT2D eigenvalue weighted by atomic mass is 10.0. The number of carboxylic acid groups (broad SMARTS) is 1. The lowest BCUT2D eigenvalue weighted by molar-refractivity contribution is -0.142. The molecular formula is C13H24N4O4. The molecule has 0 radical (unpaired) electrons. The van der Waals surface area contributed by atoms with Crippen molar-refractivity contribution in [2.45, 2.75) is 31.8 Å². The van der Waals surface area contributed by atoms with Crippen molar-refractivity contribution < 1.29 is 19.5 Å². The van der Waals surface area contributed by atoms with Crippen molar-refractivity contribution in [2.75, 3.05) is 33.7 Å². The molecule has 1 fully saturated rings. The molecule has 1 aliphatic heterocycles. The number of nitrogens with one attached hydrogen (secondary N) is 2. The first kappa shape index (κ1) is 17.2. The van der Waals surface area contributed by atoms with Crippen LogP contribution in [0.2, 0.25) is 0 Å². The molecule has 3 N–H and O–H groups in total. The van der Waals surface area contributed by atoms with Gasteiger partial charge in [-0.2, -0.15) is 0 Å². The summed E-state index contributed by atoms with van der Waals surface area (Å²) >= 11 is 0. The number of carbonyl (C=O) groups is 3. The highest BCUT2D eigenvalue weighted by atomic mass is 16.4. The molecule has 0 spiro atoms. The van der Waals surface area contributed by atoms with E-state index in [9.17, 15) is 14.4 Å². The van der Waals surface area contributed by atoms with E-state index in [2.05, 4.69) is 10.6 Å².